The van der Waals surface area contributed by atoms with Crippen molar-refractivity contribution >= 4 is 35.0 Å². The second kappa shape index (κ2) is 7.67. The number of carbonyl (C=O) groups is 1. The van der Waals surface area contributed by atoms with E-state index in [1.807, 2.05) is 26.0 Å². The van der Waals surface area contributed by atoms with Gasteiger partial charge in [-0.25, -0.2) is 0 Å². The van der Waals surface area contributed by atoms with Crippen LogP contribution in [-0.2, 0) is 4.79 Å². The first-order valence-electron chi connectivity index (χ1n) is 5.77. The first-order chi connectivity index (χ1) is 8.52. The molecule has 2 N–H and O–H groups in total. The Kier molecular flexibility index (Phi) is 6.54. The summed E-state index contributed by atoms with van der Waals surface area (Å²) in [7, 11) is 0. The summed E-state index contributed by atoms with van der Waals surface area (Å²) in [5.41, 5.74) is 1.70. The number of aryl methyl sites for hydroxylation is 1. The van der Waals surface area contributed by atoms with Gasteiger partial charge in [-0.1, -0.05) is 24.6 Å². The Hall–Kier alpha value is -0.710. The van der Waals surface area contributed by atoms with Gasteiger partial charge in [0.15, 0.2) is 0 Å². The highest BCUT2D eigenvalue weighted by Crippen LogP contribution is 2.22. The van der Waals surface area contributed by atoms with Gasteiger partial charge in [0.05, 0.1) is 16.5 Å². The largest absolute Gasteiger partial charge is 0.396 e. The van der Waals surface area contributed by atoms with Crippen molar-refractivity contribution in [2.45, 2.75) is 13.8 Å². The summed E-state index contributed by atoms with van der Waals surface area (Å²) >= 11 is 7.53. The van der Waals surface area contributed by atoms with Gasteiger partial charge < -0.3 is 10.4 Å². The molecule has 1 unspecified atom stereocenters. The molecule has 0 aliphatic rings. The van der Waals surface area contributed by atoms with E-state index in [0.717, 1.165) is 11.3 Å². The van der Waals surface area contributed by atoms with E-state index >= 15 is 0 Å². The fraction of sp³-hybridized carbons (Fsp3) is 0.462. The van der Waals surface area contributed by atoms with Gasteiger partial charge in [-0.15, -0.1) is 0 Å². The molecule has 0 aromatic heterocycles. The molecule has 5 heteroatoms. The number of amides is 1. The van der Waals surface area contributed by atoms with Crippen molar-refractivity contribution in [3.05, 3.63) is 28.8 Å². The lowest BCUT2D eigenvalue weighted by atomic mass is 10.2. The van der Waals surface area contributed by atoms with Gasteiger partial charge >= 0.3 is 0 Å². The average molecular weight is 288 g/mol. The van der Waals surface area contributed by atoms with Gasteiger partial charge in [0.2, 0.25) is 5.91 Å². The molecule has 18 heavy (non-hydrogen) atoms. The van der Waals surface area contributed by atoms with Crippen LogP contribution in [0.3, 0.4) is 0 Å². The molecule has 1 aromatic carbocycles. The third-order valence-corrected chi connectivity index (χ3v) is 3.93. The minimum atomic E-state index is -0.0732. The van der Waals surface area contributed by atoms with Crippen LogP contribution in [-0.4, -0.2) is 29.1 Å². The highest BCUT2D eigenvalue weighted by Gasteiger charge is 2.07. The second-order valence-corrected chi connectivity index (χ2v) is 5.77. The molecule has 1 atom stereocenters. The zero-order valence-electron chi connectivity index (χ0n) is 10.6. The monoisotopic (exact) mass is 287 g/mol. The Bertz CT molecular complexity index is 412. The molecule has 1 rings (SSSR count). The quantitative estimate of drug-likeness (QED) is 0.846. The molecule has 0 radical (unpaired) electrons. The lowest BCUT2D eigenvalue weighted by Gasteiger charge is -2.09. The van der Waals surface area contributed by atoms with Crippen LogP contribution in [0.4, 0.5) is 5.69 Å². The maximum absolute atomic E-state index is 11.7. The lowest BCUT2D eigenvalue weighted by Crippen LogP contribution is -2.16. The van der Waals surface area contributed by atoms with E-state index in [9.17, 15) is 4.79 Å². The number of thioether (sulfide) groups is 1. The van der Waals surface area contributed by atoms with Crippen molar-refractivity contribution in [2.75, 3.05) is 23.4 Å². The van der Waals surface area contributed by atoms with Gasteiger partial charge in [-0.05, 0) is 36.3 Å². The number of benzene rings is 1. The molecule has 0 aliphatic heterocycles. The fourth-order valence-corrected chi connectivity index (χ4v) is 2.48. The minimum absolute atomic E-state index is 0.0732. The van der Waals surface area contributed by atoms with Gasteiger partial charge in [0.1, 0.15) is 0 Å². The Labute approximate surface area is 117 Å². The molecule has 1 amide bonds. The number of aliphatic hydroxyl groups excluding tert-OH is 1. The average Bonchev–Trinajstić information content (AvgIpc) is 2.32. The van der Waals surface area contributed by atoms with Crippen molar-refractivity contribution in [2.24, 2.45) is 5.92 Å². The molecular formula is C13H18ClNO2S. The van der Waals surface area contributed by atoms with Crippen LogP contribution >= 0.6 is 23.4 Å². The Morgan fingerprint density at radius 2 is 2.28 bits per heavy atom. The SMILES string of the molecule is Cc1ccc(NC(=O)CSCC(C)CO)c(Cl)c1. The predicted octanol–water partition coefficient (Wildman–Crippen LogP) is 2.95. The number of rotatable bonds is 6. The summed E-state index contributed by atoms with van der Waals surface area (Å²) in [6.07, 6.45) is 0. The first kappa shape index (κ1) is 15.3. The third kappa shape index (κ3) is 5.29. The Morgan fingerprint density at radius 3 is 2.89 bits per heavy atom. The molecule has 0 bridgehead atoms. The smallest absolute Gasteiger partial charge is 0.234 e. The first-order valence-corrected chi connectivity index (χ1v) is 7.30. The van der Waals surface area contributed by atoms with Crippen molar-refractivity contribution in [1.82, 2.24) is 0 Å². The summed E-state index contributed by atoms with van der Waals surface area (Å²) in [6.45, 7) is 4.05. The molecule has 0 spiro atoms. The Morgan fingerprint density at radius 1 is 1.56 bits per heavy atom. The van der Waals surface area contributed by atoms with Crippen LogP contribution in [0.2, 0.25) is 5.02 Å². The van der Waals surface area contributed by atoms with Crippen LogP contribution in [0.1, 0.15) is 12.5 Å². The van der Waals surface area contributed by atoms with Crippen molar-refractivity contribution in [3.8, 4) is 0 Å². The van der Waals surface area contributed by atoms with Crippen LogP contribution in [0.25, 0.3) is 0 Å². The molecule has 0 saturated carbocycles. The van der Waals surface area contributed by atoms with Gasteiger partial charge in [0, 0.05) is 6.61 Å². The molecule has 0 aliphatic carbocycles. The van der Waals surface area contributed by atoms with Crippen LogP contribution < -0.4 is 5.32 Å². The van der Waals surface area contributed by atoms with E-state index in [2.05, 4.69) is 5.32 Å². The summed E-state index contributed by atoms with van der Waals surface area (Å²) < 4.78 is 0. The van der Waals surface area contributed by atoms with Crippen molar-refractivity contribution < 1.29 is 9.90 Å². The summed E-state index contributed by atoms with van der Waals surface area (Å²) in [5.74, 6) is 1.28. The highest BCUT2D eigenvalue weighted by molar-refractivity contribution is 7.99. The number of nitrogens with one attached hydrogen (secondary N) is 1. The number of aliphatic hydroxyl groups is 1. The molecule has 0 fully saturated rings. The van der Waals surface area contributed by atoms with Crippen LogP contribution in [0.15, 0.2) is 18.2 Å². The van der Waals surface area contributed by atoms with Crippen LogP contribution in [0, 0.1) is 12.8 Å². The maximum atomic E-state index is 11.7. The van der Waals surface area contributed by atoms with E-state index in [-0.39, 0.29) is 18.4 Å². The molecule has 100 valence electrons. The number of anilines is 1. The molecule has 3 nitrogen and oxygen atoms in total. The molecule has 0 saturated heterocycles. The zero-order valence-corrected chi connectivity index (χ0v) is 12.1. The van der Waals surface area contributed by atoms with E-state index in [0.29, 0.717) is 16.5 Å². The molecule has 1 aromatic rings. The topological polar surface area (TPSA) is 49.3 Å². The number of hydrogen-bond donors (Lipinski definition) is 2. The third-order valence-electron chi connectivity index (χ3n) is 2.35. The zero-order chi connectivity index (χ0) is 13.5. The van der Waals surface area contributed by atoms with Crippen molar-refractivity contribution in [3.63, 3.8) is 0 Å². The normalized spacial score (nSPS) is 12.2. The van der Waals surface area contributed by atoms with Crippen molar-refractivity contribution in [1.29, 1.82) is 0 Å². The van der Waals surface area contributed by atoms with Gasteiger partial charge in [-0.2, -0.15) is 11.8 Å². The van der Waals surface area contributed by atoms with Gasteiger partial charge in [0.25, 0.3) is 0 Å². The maximum Gasteiger partial charge on any atom is 0.234 e. The minimum Gasteiger partial charge on any atom is -0.396 e. The molecule has 0 heterocycles. The fourth-order valence-electron chi connectivity index (χ4n) is 1.31. The summed E-state index contributed by atoms with van der Waals surface area (Å²) in [5, 5.41) is 12.2. The number of hydrogen-bond acceptors (Lipinski definition) is 3. The second-order valence-electron chi connectivity index (χ2n) is 4.33. The van der Waals surface area contributed by atoms with Crippen LogP contribution in [0.5, 0.6) is 0 Å². The standard InChI is InChI=1S/C13H18ClNO2S/c1-9-3-4-12(11(14)5-9)15-13(17)8-18-7-10(2)6-16/h3-5,10,16H,6-8H2,1-2H3,(H,15,17). The Balaban J connectivity index is 2.40. The summed E-state index contributed by atoms with van der Waals surface area (Å²) in [4.78, 5) is 11.7. The lowest BCUT2D eigenvalue weighted by molar-refractivity contribution is -0.113. The predicted molar refractivity (Wildman–Crippen MR) is 78.4 cm³/mol. The van der Waals surface area contributed by atoms with E-state index in [1.165, 1.54) is 11.8 Å². The number of carbonyl (C=O) groups excluding carboxylic acids is 1. The molecular weight excluding hydrogens is 270 g/mol. The van der Waals surface area contributed by atoms with E-state index in [1.54, 1.807) is 6.07 Å². The highest BCUT2D eigenvalue weighted by atomic mass is 35.5. The van der Waals surface area contributed by atoms with E-state index in [4.69, 9.17) is 16.7 Å². The van der Waals surface area contributed by atoms with E-state index < -0.39 is 0 Å². The van der Waals surface area contributed by atoms with Gasteiger partial charge in [-0.3, -0.25) is 4.79 Å². The number of halogens is 1. The summed E-state index contributed by atoms with van der Waals surface area (Å²) in [6, 6.07) is 5.52.